The third kappa shape index (κ3) is 3.72. The van der Waals surface area contributed by atoms with E-state index in [-0.39, 0.29) is 17.9 Å². The van der Waals surface area contributed by atoms with Gasteiger partial charge in [-0.25, -0.2) is 0 Å². The Labute approximate surface area is 124 Å². The van der Waals surface area contributed by atoms with E-state index in [2.05, 4.69) is 10.6 Å². The van der Waals surface area contributed by atoms with Gasteiger partial charge in [0.2, 0.25) is 11.8 Å². The van der Waals surface area contributed by atoms with Crippen molar-refractivity contribution >= 4 is 23.2 Å². The maximum Gasteiger partial charge on any atom is 0.241 e. The van der Waals surface area contributed by atoms with Gasteiger partial charge >= 0.3 is 0 Å². The number of amides is 2. The van der Waals surface area contributed by atoms with Crippen LogP contribution in [0.5, 0.6) is 0 Å². The molecule has 6 nitrogen and oxygen atoms in total. The summed E-state index contributed by atoms with van der Waals surface area (Å²) in [6.45, 7) is 5.58. The van der Waals surface area contributed by atoms with Crippen LogP contribution >= 0.6 is 0 Å². The molecule has 0 spiro atoms. The first kappa shape index (κ1) is 15.3. The second-order valence-electron chi connectivity index (χ2n) is 5.32. The second-order valence-corrected chi connectivity index (χ2v) is 5.32. The highest BCUT2D eigenvalue weighted by atomic mass is 16.2. The van der Waals surface area contributed by atoms with Crippen LogP contribution in [0.25, 0.3) is 0 Å². The van der Waals surface area contributed by atoms with Crippen molar-refractivity contribution in [1.29, 1.82) is 0 Å². The lowest BCUT2D eigenvalue weighted by Gasteiger charge is -2.26. The number of anilines is 2. The van der Waals surface area contributed by atoms with Crippen LogP contribution in [-0.2, 0) is 9.59 Å². The third-order valence-electron chi connectivity index (χ3n) is 3.91. The molecule has 1 aromatic rings. The highest BCUT2D eigenvalue weighted by molar-refractivity contribution is 5.95. The number of nitrogens with two attached hydrogens (primary N) is 1. The molecule has 0 aliphatic carbocycles. The molecular weight excluding hydrogens is 268 g/mol. The Bertz CT molecular complexity index is 544. The number of nitrogen functional groups attached to an aromatic ring is 1. The highest BCUT2D eigenvalue weighted by Gasteiger charge is 2.24. The summed E-state index contributed by atoms with van der Waals surface area (Å²) in [5, 5.41) is 5.72. The van der Waals surface area contributed by atoms with Gasteiger partial charge in [0, 0.05) is 37.4 Å². The lowest BCUT2D eigenvalue weighted by atomic mass is 10.1. The molecule has 1 atom stereocenters. The van der Waals surface area contributed by atoms with Crippen molar-refractivity contribution in [2.24, 2.45) is 0 Å². The Kier molecular flexibility index (Phi) is 4.80. The van der Waals surface area contributed by atoms with Gasteiger partial charge in [-0.2, -0.15) is 0 Å². The molecule has 1 aliphatic rings. The fraction of sp³-hybridized carbons (Fsp3) is 0.467. The van der Waals surface area contributed by atoms with Gasteiger partial charge in [-0.3, -0.25) is 14.5 Å². The Morgan fingerprint density at radius 3 is 2.95 bits per heavy atom. The molecule has 0 bridgehead atoms. The van der Waals surface area contributed by atoms with Gasteiger partial charge < -0.3 is 16.4 Å². The van der Waals surface area contributed by atoms with E-state index in [4.69, 9.17) is 5.73 Å². The average Bonchev–Trinajstić information content (AvgIpc) is 2.68. The standard InChI is InChI=1S/C15H22N4O2/c1-10-12(16)4-3-5-13(10)18-15(21)11(2)19-8-6-14(20)17-7-9-19/h3-5,11H,6-9,16H2,1-2H3,(H,17,20)(H,18,21). The summed E-state index contributed by atoms with van der Waals surface area (Å²) < 4.78 is 0. The molecule has 1 aromatic carbocycles. The molecular formula is C15H22N4O2. The first-order valence-corrected chi connectivity index (χ1v) is 7.15. The Hall–Kier alpha value is -2.08. The van der Waals surface area contributed by atoms with Crippen LogP contribution in [0.2, 0.25) is 0 Å². The van der Waals surface area contributed by atoms with Crippen molar-refractivity contribution in [3.8, 4) is 0 Å². The fourth-order valence-corrected chi connectivity index (χ4v) is 2.36. The van der Waals surface area contributed by atoms with Crippen molar-refractivity contribution in [1.82, 2.24) is 10.2 Å². The molecule has 2 amide bonds. The summed E-state index contributed by atoms with van der Waals surface area (Å²) in [5.41, 5.74) is 8.10. The van der Waals surface area contributed by atoms with E-state index in [0.29, 0.717) is 31.7 Å². The van der Waals surface area contributed by atoms with Crippen LogP contribution in [-0.4, -0.2) is 42.4 Å². The SMILES string of the molecule is Cc1c(N)cccc1NC(=O)C(C)N1CCNC(=O)CC1. The van der Waals surface area contributed by atoms with Crippen molar-refractivity contribution in [3.63, 3.8) is 0 Å². The van der Waals surface area contributed by atoms with Crippen molar-refractivity contribution in [2.75, 3.05) is 30.7 Å². The highest BCUT2D eigenvalue weighted by Crippen LogP contribution is 2.21. The van der Waals surface area contributed by atoms with Crippen molar-refractivity contribution in [2.45, 2.75) is 26.3 Å². The molecule has 1 aliphatic heterocycles. The summed E-state index contributed by atoms with van der Waals surface area (Å²) in [4.78, 5) is 25.7. The van der Waals surface area contributed by atoms with Crippen LogP contribution in [0.3, 0.4) is 0 Å². The van der Waals surface area contributed by atoms with Gasteiger partial charge in [-0.05, 0) is 31.5 Å². The van der Waals surface area contributed by atoms with Crippen molar-refractivity contribution < 1.29 is 9.59 Å². The van der Waals surface area contributed by atoms with E-state index in [9.17, 15) is 9.59 Å². The molecule has 0 saturated carbocycles. The van der Waals surface area contributed by atoms with Gasteiger partial charge in [0.05, 0.1) is 6.04 Å². The van der Waals surface area contributed by atoms with Crippen LogP contribution in [0, 0.1) is 6.92 Å². The minimum atomic E-state index is -0.293. The van der Waals surface area contributed by atoms with Gasteiger partial charge in [-0.1, -0.05) is 6.07 Å². The molecule has 1 unspecified atom stereocenters. The normalized spacial score (nSPS) is 17.7. The van der Waals surface area contributed by atoms with Gasteiger partial charge in [-0.15, -0.1) is 0 Å². The molecule has 1 fully saturated rings. The molecule has 0 aromatic heterocycles. The second kappa shape index (κ2) is 6.58. The number of rotatable bonds is 3. The molecule has 0 radical (unpaired) electrons. The number of nitrogens with zero attached hydrogens (tertiary/aromatic N) is 1. The summed E-state index contributed by atoms with van der Waals surface area (Å²) in [6, 6.07) is 5.17. The molecule has 1 heterocycles. The largest absolute Gasteiger partial charge is 0.398 e. The number of hydrogen-bond donors (Lipinski definition) is 3. The Balaban J connectivity index is 2.02. The molecule has 21 heavy (non-hydrogen) atoms. The van der Waals surface area contributed by atoms with E-state index in [1.807, 2.05) is 30.9 Å². The maximum atomic E-state index is 12.4. The zero-order chi connectivity index (χ0) is 15.4. The summed E-state index contributed by atoms with van der Waals surface area (Å²) >= 11 is 0. The smallest absolute Gasteiger partial charge is 0.241 e. The number of benzene rings is 1. The third-order valence-corrected chi connectivity index (χ3v) is 3.91. The first-order chi connectivity index (χ1) is 9.99. The Morgan fingerprint density at radius 1 is 1.43 bits per heavy atom. The molecule has 114 valence electrons. The van der Waals surface area contributed by atoms with Crippen molar-refractivity contribution in [3.05, 3.63) is 23.8 Å². The van der Waals surface area contributed by atoms with Crippen LogP contribution in [0.1, 0.15) is 18.9 Å². The van der Waals surface area contributed by atoms with E-state index in [1.54, 1.807) is 6.07 Å². The first-order valence-electron chi connectivity index (χ1n) is 7.15. The van der Waals surface area contributed by atoms with Gasteiger partial charge in [0.25, 0.3) is 0 Å². The van der Waals surface area contributed by atoms with E-state index in [0.717, 1.165) is 11.3 Å². The summed E-state index contributed by atoms with van der Waals surface area (Å²) in [7, 11) is 0. The molecule has 1 saturated heterocycles. The number of hydrogen-bond acceptors (Lipinski definition) is 4. The van der Waals surface area contributed by atoms with E-state index < -0.39 is 0 Å². The Morgan fingerprint density at radius 2 is 2.19 bits per heavy atom. The number of carbonyl (C=O) groups excluding carboxylic acids is 2. The molecule has 4 N–H and O–H groups in total. The summed E-state index contributed by atoms with van der Waals surface area (Å²) in [5.74, 6) is -0.0464. The zero-order valence-electron chi connectivity index (χ0n) is 12.5. The monoisotopic (exact) mass is 290 g/mol. The lowest BCUT2D eigenvalue weighted by molar-refractivity contribution is -0.122. The van der Waals surface area contributed by atoms with Gasteiger partial charge in [0.15, 0.2) is 0 Å². The minimum Gasteiger partial charge on any atom is -0.398 e. The van der Waals surface area contributed by atoms with Crippen LogP contribution in [0.4, 0.5) is 11.4 Å². The topological polar surface area (TPSA) is 87.5 Å². The summed E-state index contributed by atoms with van der Waals surface area (Å²) in [6.07, 6.45) is 0.426. The zero-order valence-corrected chi connectivity index (χ0v) is 12.5. The maximum absolute atomic E-state index is 12.4. The molecule has 6 heteroatoms. The average molecular weight is 290 g/mol. The predicted molar refractivity (Wildman–Crippen MR) is 82.9 cm³/mol. The minimum absolute atomic E-state index is 0.0387. The molecule has 2 rings (SSSR count). The quantitative estimate of drug-likeness (QED) is 0.716. The van der Waals surface area contributed by atoms with Crippen LogP contribution < -0.4 is 16.4 Å². The van der Waals surface area contributed by atoms with Gasteiger partial charge in [0.1, 0.15) is 0 Å². The number of carbonyl (C=O) groups is 2. The fourth-order valence-electron chi connectivity index (χ4n) is 2.36. The van der Waals surface area contributed by atoms with E-state index in [1.165, 1.54) is 0 Å². The lowest BCUT2D eigenvalue weighted by Crippen LogP contribution is -2.43. The van der Waals surface area contributed by atoms with Crippen LogP contribution in [0.15, 0.2) is 18.2 Å². The predicted octanol–water partition coefficient (Wildman–Crippen LogP) is 0.726. The number of nitrogens with one attached hydrogen (secondary N) is 2. The van der Waals surface area contributed by atoms with E-state index >= 15 is 0 Å².